The number of carbonyl (C=O) groups is 1. The minimum atomic E-state index is -4.68. The molecule has 0 N–H and O–H groups in total. The topological polar surface area (TPSA) is 76.0 Å². The Kier molecular flexibility index (Phi) is 5.50. The van der Waals surface area contributed by atoms with Crippen LogP contribution in [0.2, 0.25) is 5.02 Å². The van der Waals surface area contributed by atoms with Crippen LogP contribution >= 0.6 is 23.4 Å². The molecule has 3 rings (SSSR count). The van der Waals surface area contributed by atoms with Gasteiger partial charge in [0.15, 0.2) is 15.0 Å². The molecule has 0 aromatic heterocycles. The number of methoxy groups -OCH3 is 1. The van der Waals surface area contributed by atoms with E-state index in [9.17, 15) is 26.4 Å². The second kappa shape index (κ2) is 7.26. The van der Waals surface area contributed by atoms with Gasteiger partial charge in [-0.05, 0) is 18.2 Å². The highest BCUT2D eigenvalue weighted by atomic mass is 35.5. The van der Waals surface area contributed by atoms with Gasteiger partial charge in [0.05, 0.1) is 28.1 Å². The lowest BCUT2D eigenvalue weighted by Gasteiger charge is -2.25. The lowest BCUT2D eigenvalue weighted by atomic mass is 10.1. The summed E-state index contributed by atoms with van der Waals surface area (Å²) < 4.78 is 68.3. The summed E-state index contributed by atoms with van der Waals surface area (Å²) in [4.78, 5) is 17.1. The third-order valence-corrected chi connectivity index (χ3v) is 7.63. The van der Waals surface area contributed by atoms with E-state index in [1.54, 1.807) is 0 Å². The Hall–Kier alpha value is -1.30. The summed E-state index contributed by atoms with van der Waals surface area (Å²) in [6, 6.07) is 2.67. The molecule has 6 nitrogen and oxygen atoms in total. The number of hydrogen-bond donors (Lipinski definition) is 0. The van der Waals surface area contributed by atoms with Crippen LogP contribution in [0.1, 0.15) is 5.56 Å². The number of alkyl halides is 3. The Morgan fingerprint density at radius 3 is 2.74 bits per heavy atom. The number of amides is 1. The molecule has 0 bridgehead atoms. The zero-order valence-corrected chi connectivity index (χ0v) is 16.3. The number of thioether (sulfide) groups is 1. The van der Waals surface area contributed by atoms with E-state index in [1.807, 2.05) is 0 Å². The van der Waals surface area contributed by atoms with Crippen molar-refractivity contribution in [2.75, 3.05) is 30.1 Å². The first-order valence-electron chi connectivity index (χ1n) is 7.65. The van der Waals surface area contributed by atoms with Crippen molar-refractivity contribution in [3.05, 3.63) is 28.8 Å². The van der Waals surface area contributed by atoms with Crippen LogP contribution in [-0.2, 0) is 25.5 Å². The summed E-state index contributed by atoms with van der Waals surface area (Å²) in [6.07, 6.45) is -4.68. The number of aliphatic imine (C=N–C) groups is 1. The van der Waals surface area contributed by atoms with Gasteiger partial charge in [-0.2, -0.15) is 18.2 Å². The van der Waals surface area contributed by atoms with E-state index in [0.717, 1.165) is 23.9 Å². The highest BCUT2D eigenvalue weighted by Crippen LogP contribution is 2.43. The number of amidine groups is 1. The molecule has 1 amide bonds. The standard InChI is InChI=1S/C15H14ClF3N2O4S2/c1-25-5-13(22)20-14-21(11-6-27(23,24)7-12(11)26-14)8-2-3-10(16)9(4-8)15(17,18)19/h2-4,11-12H,5-7H2,1H3/t11-,12+/m0/s1. The number of sulfone groups is 1. The lowest BCUT2D eigenvalue weighted by Crippen LogP contribution is -2.38. The van der Waals surface area contributed by atoms with Gasteiger partial charge in [0.25, 0.3) is 5.91 Å². The quantitative estimate of drug-likeness (QED) is 0.716. The maximum Gasteiger partial charge on any atom is 0.417 e. The van der Waals surface area contributed by atoms with Crippen molar-refractivity contribution in [2.45, 2.75) is 17.5 Å². The molecule has 1 aromatic rings. The van der Waals surface area contributed by atoms with E-state index >= 15 is 0 Å². The summed E-state index contributed by atoms with van der Waals surface area (Å²) in [5.74, 6) is -0.972. The van der Waals surface area contributed by atoms with Gasteiger partial charge < -0.3 is 9.64 Å². The number of halogens is 4. The molecule has 2 saturated heterocycles. The normalized spacial score (nSPS) is 25.8. The van der Waals surface area contributed by atoms with Crippen molar-refractivity contribution >= 4 is 50.0 Å². The summed E-state index contributed by atoms with van der Waals surface area (Å²) >= 11 is 6.73. The Balaban J connectivity index is 2.06. The third-order valence-electron chi connectivity index (χ3n) is 4.09. The zero-order valence-electron chi connectivity index (χ0n) is 13.9. The van der Waals surface area contributed by atoms with Gasteiger partial charge in [0.2, 0.25) is 0 Å². The van der Waals surface area contributed by atoms with Gasteiger partial charge in [0, 0.05) is 18.0 Å². The minimum Gasteiger partial charge on any atom is -0.375 e. The van der Waals surface area contributed by atoms with Crippen molar-refractivity contribution < 1.29 is 31.1 Å². The molecular weight excluding hydrogens is 429 g/mol. The Morgan fingerprint density at radius 1 is 1.41 bits per heavy atom. The average molecular weight is 443 g/mol. The molecule has 0 spiro atoms. The number of ether oxygens (including phenoxy) is 1. The van der Waals surface area contributed by atoms with Crippen LogP contribution in [0, 0.1) is 0 Å². The number of carbonyl (C=O) groups excluding carboxylic acids is 1. The molecule has 1 aromatic carbocycles. The van der Waals surface area contributed by atoms with Crippen molar-refractivity contribution in [3.63, 3.8) is 0 Å². The molecule has 0 radical (unpaired) electrons. The molecule has 0 saturated carbocycles. The van der Waals surface area contributed by atoms with E-state index in [1.165, 1.54) is 18.1 Å². The number of nitrogens with zero attached hydrogens (tertiary/aromatic N) is 2. The fourth-order valence-electron chi connectivity index (χ4n) is 3.01. The molecule has 2 fully saturated rings. The van der Waals surface area contributed by atoms with Crippen LogP contribution in [0.15, 0.2) is 23.2 Å². The van der Waals surface area contributed by atoms with Gasteiger partial charge in [-0.25, -0.2) is 8.42 Å². The van der Waals surface area contributed by atoms with E-state index in [-0.39, 0.29) is 29.0 Å². The van der Waals surface area contributed by atoms with Gasteiger partial charge in [-0.1, -0.05) is 23.4 Å². The smallest absolute Gasteiger partial charge is 0.375 e. The first-order valence-corrected chi connectivity index (χ1v) is 10.7. The molecule has 0 unspecified atom stereocenters. The van der Waals surface area contributed by atoms with Crippen molar-refractivity contribution in [2.24, 2.45) is 4.99 Å². The molecule has 0 aliphatic carbocycles. The Morgan fingerprint density at radius 2 is 2.11 bits per heavy atom. The fourth-order valence-corrected chi connectivity index (χ4v) is 7.17. The van der Waals surface area contributed by atoms with Gasteiger partial charge in [-0.15, -0.1) is 0 Å². The fraction of sp³-hybridized carbons (Fsp3) is 0.467. The van der Waals surface area contributed by atoms with Gasteiger partial charge >= 0.3 is 6.18 Å². The number of hydrogen-bond acceptors (Lipinski definition) is 5. The Bertz CT molecular complexity index is 905. The van der Waals surface area contributed by atoms with Crippen LogP contribution in [0.4, 0.5) is 18.9 Å². The molecule has 2 aliphatic heterocycles. The first-order chi connectivity index (χ1) is 12.5. The van der Waals surface area contributed by atoms with Crippen molar-refractivity contribution in [3.8, 4) is 0 Å². The van der Waals surface area contributed by atoms with E-state index in [0.29, 0.717) is 0 Å². The maximum atomic E-state index is 13.2. The van der Waals surface area contributed by atoms with Crippen LogP contribution in [0.25, 0.3) is 0 Å². The largest absolute Gasteiger partial charge is 0.417 e. The molecule has 2 aliphatic rings. The predicted octanol–water partition coefficient (Wildman–Crippen LogP) is 2.61. The van der Waals surface area contributed by atoms with E-state index in [2.05, 4.69) is 4.99 Å². The summed E-state index contributed by atoms with van der Waals surface area (Å²) in [6.45, 7) is -0.292. The summed E-state index contributed by atoms with van der Waals surface area (Å²) in [7, 11) is -2.02. The predicted molar refractivity (Wildman–Crippen MR) is 97.1 cm³/mol. The number of benzene rings is 1. The summed E-state index contributed by atoms with van der Waals surface area (Å²) in [5, 5.41) is -0.742. The monoisotopic (exact) mass is 442 g/mol. The third kappa shape index (κ3) is 4.25. The molecule has 2 atom stereocenters. The van der Waals surface area contributed by atoms with Crippen LogP contribution in [0.3, 0.4) is 0 Å². The Labute approximate surface area is 162 Å². The van der Waals surface area contributed by atoms with Crippen LogP contribution in [0.5, 0.6) is 0 Å². The molecule has 148 valence electrons. The van der Waals surface area contributed by atoms with Crippen LogP contribution in [-0.4, -0.2) is 56.0 Å². The number of anilines is 1. The van der Waals surface area contributed by atoms with E-state index < -0.39 is 43.8 Å². The summed E-state index contributed by atoms with van der Waals surface area (Å²) in [5.41, 5.74) is -0.966. The first kappa shape index (κ1) is 20.4. The highest BCUT2D eigenvalue weighted by Gasteiger charge is 2.49. The number of fused-ring (bicyclic) bond motifs is 1. The second-order valence-electron chi connectivity index (χ2n) is 6.05. The SMILES string of the molecule is COCC(=O)N=C1S[C@@H]2CS(=O)(=O)C[C@@H]2N1c1ccc(Cl)c(C(F)(F)F)c1. The minimum absolute atomic E-state index is 0.0767. The number of rotatable bonds is 3. The van der Waals surface area contributed by atoms with Crippen molar-refractivity contribution in [1.29, 1.82) is 0 Å². The second-order valence-corrected chi connectivity index (χ2v) is 9.82. The molecule has 27 heavy (non-hydrogen) atoms. The molecule has 12 heteroatoms. The van der Waals surface area contributed by atoms with Gasteiger partial charge in [-0.3, -0.25) is 4.79 Å². The average Bonchev–Trinajstić information content (AvgIpc) is 2.98. The van der Waals surface area contributed by atoms with Crippen LogP contribution < -0.4 is 4.90 Å². The molecule has 2 heterocycles. The lowest BCUT2D eigenvalue weighted by molar-refractivity contribution is -0.137. The van der Waals surface area contributed by atoms with E-state index in [4.69, 9.17) is 16.3 Å². The van der Waals surface area contributed by atoms with Gasteiger partial charge in [0.1, 0.15) is 6.61 Å². The maximum absolute atomic E-state index is 13.2. The zero-order chi connectivity index (χ0) is 20.0. The van der Waals surface area contributed by atoms with Crippen molar-refractivity contribution in [1.82, 2.24) is 0 Å². The highest BCUT2D eigenvalue weighted by molar-refractivity contribution is 8.16. The molecular formula is C15H14ClF3N2O4S2.